The highest BCUT2D eigenvalue weighted by Crippen LogP contribution is 2.34. The monoisotopic (exact) mass is 355 g/mol. The van der Waals surface area contributed by atoms with E-state index >= 15 is 0 Å². The molecule has 0 saturated carbocycles. The van der Waals surface area contributed by atoms with Crippen LogP contribution in [0.3, 0.4) is 0 Å². The molecule has 0 bridgehead atoms. The highest BCUT2D eigenvalue weighted by molar-refractivity contribution is 5.91. The van der Waals surface area contributed by atoms with Gasteiger partial charge in [-0.2, -0.15) is 0 Å². The third-order valence-corrected chi connectivity index (χ3v) is 4.14. The predicted molar refractivity (Wildman–Crippen MR) is 97.3 cm³/mol. The summed E-state index contributed by atoms with van der Waals surface area (Å²) in [4.78, 5) is 24.0. The van der Waals surface area contributed by atoms with Crippen LogP contribution < -0.4 is 25.4 Å². The van der Waals surface area contributed by atoms with Gasteiger partial charge in [0, 0.05) is 12.7 Å². The zero-order valence-electron chi connectivity index (χ0n) is 14.7. The van der Waals surface area contributed by atoms with Crippen molar-refractivity contribution in [1.29, 1.82) is 0 Å². The van der Waals surface area contributed by atoms with Gasteiger partial charge in [0.2, 0.25) is 12.7 Å². The molecule has 0 spiro atoms. The van der Waals surface area contributed by atoms with Crippen LogP contribution >= 0.6 is 0 Å². The maximum Gasteiger partial charge on any atom is 0.319 e. The maximum absolute atomic E-state index is 12.4. The summed E-state index contributed by atoms with van der Waals surface area (Å²) >= 11 is 0. The Morgan fingerprint density at radius 1 is 1.12 bits per heavy atom. The second-order valence-corrected chi connectivity index (χ2v) is 5.94. The summed E-state index contributed by atoms with van der Waals surface area (Å²) in [6, 6.07) is 12.2. The van der Waals surface area contributed by atoms with Crippen molar-refractivity contribution in [1.82, 2.24) is 10.6 Å². The number of carbonyl (C=O) groups excluding carboxylic acids is 2. The lowest BCUT2D eigenvalue weighted by atomic mass is 10.1. The van der Waals surface area contributed by atoms with Crippen molar-refractivity contribution in [3.8, 4) is 11.5 Å². The van der Waals surface area contributed by atoms with Crippen LogP contribution in [0, 0.1) is 0 Å². The molecule has 1 aliphatic heterocycles. The van der Waals surface area contributed by atoms with Crippen LogP contribution in [0.5, 0.6) is 11.5 Å². The number of nitrogens with one attached hydrogen (secondary N) is 3. The largest absolute Gasteiger partial charge is 0.454 e. The number of benzene rings is 2. The van der Waals surface area contributed by atoms with E-state index in [9.17, 15) is 9.59 Å². The Bertz CT molecular complexity index is 822. The first kappa shape index (κ1) is 17.6. The number of para-hydroxylation sites is 1. The number of fused-ring (bicyclic) bond motifs is 1. The molecule has 0 saturated heterocycles. The van der Waals surface area contributed by atoms with Crippen LogP contribution in [0.1, 0.15) is 24.1 Å². The normalized spacial score (nSPS) is 13.0. The Kier molecular flexibility index (Phi) is 5.26. The molecule has 3 amide bonds. The SMILES string of the molecule is CNC(=O)Cc1ccccc1NC(=O)NC(C)c1ccc2c(c1)OCO2. The number of anilines is 1. The fourth-order valence-electron chi connectivity index (χ4n) is 2.68. The van der Waals surface area contributed by atoms with Gasteiger partial charge >= 0.3 is 6.03 Å². The molecule has 0 radical (unpaired) electrons. The van der Waals surface area contributed by atoms with Crippen molar-refractivity contribution in [3.05, 3.63) is 53.6 Å². The highest BCUT2D eigenvalue weighted by atomic mass is 16.7. The first-order chi connectivity index (χ1) is 12.6. The number of likely N-dealkylation sites (N-methyl/N-ethyl adjacent to an activating group) is 1. The molecule has 1 atom stereocenters. The highest BCUT2D eigenvalue weighted by Gasteiger charge is 2.17. The minimum atomic E-state index is -0.348. The molecular weight excluding hydrogens is 334 g/mol. The van der Waals surface area contributed by atoms with Crippen molar-refractivity contribution >= 4 is 17.6 Å². The van der Waals surface area contributed by atoms with Crippen LogP contribution in [-0.4, -0.2) is 25.8 Å². The molecule has 0 aliphatic carbocycles. The number of urea groups is 1. The zero-order chi connectivity index (χ0) is 18.5. The summed E-state index contributed by atoms with van der Waals surface area (Å²) in [5.41, 5.74) is 2.26. The number of ether oxygens (including phenoxy) is 2. The van der Waals surface area contributed by atoms with E-state index in [1.165, 1.54) is 0 Å². The summed E-state index contributed by atoms with van der Waals surface area (Å²) < 4.78 is 10.7. The zero-order valence-corrected chi connectivity index (χ0v) is 14.7. The Balaban J connectivity index is 1.65. The topological polar surface area (TPSA) is 88.7 Å². The molecule has 3 N–H and O–H groups in total. The van der Waals surface area contributed by atoms with E-state index in [0.29, 0.717) is 17.2 Å². The molecule has 136 valence electrons. The first-order valence-electron chi connectivity index (χ1n) is 8.32. The number of carbonyl (C=O) groups is 2. The van der Waals surface area contributed by atoms with Gasteiger partial charge in [0.1, 0.15) is 0 Å². The van der Waals surface area contributed by atoms with Gasteiger partial charge < -0.3 is 25.4 Å². The summed E-state index contributed by atoms with van der Waals surface area (Å²) in [7, 11) is 1.58. The lowest BCUT2D eigenvalue weighted by molar-refractivity contribution is -0.119. The molecule has 7 nitrogen and oxygen atoms in total. The molecule has 1 heterocycles. The lowest BCUT2D eigenvalue weighted by Gasteiger charge is -2.17. The van der Waals surface area contributed by atoms with E-state index in [0.717, 1.165) is 11.1 Å². The molecule has 3 rings (SSSR count). The summed E-state index contributed by atoms with van der Waals surface area (Å²) in [6.07, 6.45) is 0.199. The van der Waals surface area contributed by atoms with Gasteiger partial charge in [-0.15, -0.1) is 0 Å². The van der Waals surface area contributed by atoms with E-state index in [4.69, 9.17) is 9.47 Å². The number of amides is 3. The van der Waals surface area contributed by atoms with E-state index in [-0.39, 0.29) is 31.2 Å². The van der Waals surface area contributed by atoms with E-state index in [1.54, 1.807) is 13.1 Å². The smallest absolute Gasteiger partial charge is 0.319 e. The lowest BCUT2D eigenvalue weighted by Crippen LogP contribution is -2.31. The van der Waals surface area contributed by atoms with Crippen LogP contribution in [0.2, 0.25) is 0 Å². The third kappa shape index (κ3) is 4.05. The van der Waals surface area contributed by atoms with Gasteiger partial charge in [-0.1, -0.05) is 24.3 Å². The van der Waals surface area contributed by atoms with Crippen LogP contribution in [0.4, 0.5) is 10.5 Å². The van der Waals surface area contributed by atoms with Gasteiger partial charge in [0.05, 0.1) is 12.5 Å². The number of rotatable bonds is 5. The van der Waals surface area contributed by atoms with Crippen LogP contribution in [-0.2, 0) is 11.2 Å². The minimum Gasteiger partial charge on any atom is -0.454 e. The molecule has 2 aromatic rings. The van der Waals surface area contributed by atoms with Gasteiger partial charge in [-0.3, -0.25) is 4.79 Å². The quantitative estimate of drug-likeness (QED) is 0.769. The van der Waals surface area contributed by atoms with E-state index in [2.05, 4.69) is 16.0 Å². The van der Waals surface area contributed by atoms with E-state index in [1.807, 2.05) is 43.3 Å². The maximum atomic E-state index is 12.4. The van der Waals surface area contributed by atoms with E-state index < -0.39 is 0 Å². The Labute approximate surface area is 151 Å². The van der Waals surface area contributed by atoms with Crippen molar-refractivity contribution < 1.29 is 19.1 Å². The van der Waals surface area contributed by atoms with Gasteiger partial charge in [0.15, 0.2) is 11.5 Å². The molecule has 2 aromatic carbocycles. The van der Waals surface area contributed by atoms with Crippen molar-refractivity contribution in [3.63, 3.8) is 0 Å². The van der Waals surface area contributed by atoms with Crippen molar-refractivity contribution in [2.75, 3.05) is 19.2 Å². The molecule has 1 aliphatic rings. The minimum absolute atomic E-state index is 0.117. The average molecular weight is 355 g/mol. The second kappa shape index (κ2) is 7.77. The van der Waals surface area contributed by atoms with Gasteiger partial charge in [0.25, 0.3) is 0 Å². The van der Waals surface area contributed by atoms with Gasteiger partial charge in [-0.05, 0) is 36.2 Å². The number of hydrogen-bond donors (Lipinski definition) is 3. The molecule has 7 heteroatoms. The van der Waals surface area contributed by atoms with Crippen LogP contribution in [0.25, 0.3) is 0 Å². The fraction of sp³-hybridized carbons (Fsp3) is 0.263. The Morgan fingerprint density at radius 2 is 1.88 bits per heavy atom. The summed E-state index contributed by atoms with van der Waals surface area (Å²) in [6.45, 7) is 2.09. The summed E-state index contributed by atoms with van der Waals surface area (Å²) in [5.74, 6) is 1.26. The average Bonchev–Trinajstić information content (AvgIpc) is 3.10. The van der Waals surface area contributed by atoms with Crippen molar-refractivity contribution in [2.45, 2.75) is 19.4 Å². The number of hydrogen-bond acceptors (Lipinski definition) is 4. The first-order valence-corrected chi connectivity index (χ1v) is 8.32. The fourth-order valence-corrected chi connectivity index (χ4v) is 2.68. The Hall–Kier alpha value is -3.22. The molecular formula is C19H21N3O4. The second-order valence-electron chi connectivity index (χ2n) is 5.94. The standard InChI is InChI=1S/C19H21N3O4/c1-12(13-7-8-16-17(9-13)26-11-25-16)21-19(24)22-15-6-4-3-5-14(15)10-18(23)20-2/h3-9,12H,10-11H2,1-2H3,(H,20,23)(H2,21,22,24). The molecule has 0 aromatic heterocycles. The Morgan fingerprint density at radius 3 is 2.69 bits per heavy atom. The van der Waals surface area contributed by atoms with Crippen LogP contribution in [0.15, 0.2) is 42.5 Å². The molecule has 0 fully saturated rings. The predicted octanol–water partition coefficient (Wildman–Crippen LogP) is 2.59. The molecule has 26 heavy (non-hydrogen) atoms. The summed E-state index contributed by atoms with van der Waals surface area (Å²) in [5, 5.41) is 8.27. The van der Waals surface area contributed by atoms with Crippen molar-refractivity contribution in [2.24, 2.45) is 0 Å². The third-order valence-electron chi connectivity index (χ3n) is 4.14. The molecule has 1 unspecified atom stereocenters. The van der Waals surface area contributed by atoms with Gasteiger partial charge in [-0.25, -0.2) is 4.79 Å².